The van der Waals surface area contributed by atoms with Gasteiger partial charge in [-0.3, -0.25) is 19.4 Å². The first-order valence-corrected chi connectivity index (χ1v) is 12.2. The van der Waals surface area contributed by atoms with Crippen LogP contribution in [-0.4, -0.2) is 30.8 Å². The van der Waals surface area contributed by atoms with E-state index in [1.54, 1.807) is 30.6 Å². The van der Waals surface area contributed by atoms with E-state index < -0.39 is 15.9 Å². The Bertz CT molecular complexity index is 1400. The van der Waals surface area contributed by atoms with Gasteiger partial charge in [-0.25, -0.2) is 13.4 Å². The molecule has 0 spiro atoms. The molecule has 0 saturated carbocycles. The summed E-state index contributed by atoms with van der Waals surface area (Å²) >= 11 is 1.29. The zero-order valence-corrected chi connectivity index (χ0v) is 18.4. The number of nitrogens with zero attached hydrogens (tertiary/aromatic N) is 3. The van der Waals surface area contributed by atoms with E-state index in [1.165, 1.54) is 27.8 Å². The number of carbonyl (C=O) groups is 1. The Labute approximate surface area is 189 Å². The van der Waals surface area contributed by atoms with Gasteiger partial charge in [-0.15, -0.1) is 11.3 Å². The van der Waals surface area contributed by atoms with E-state index in [0.29, 0.717) is 29.5 Å². The molecule has 7 nitrogen and oxygen atoms in total. The molecule has 0 fully saturated rings. The molecule has 4 aromatic rings. The van der Waals surface area contributed by atoms with E-state index in [0.717, 1.165) is 11.1 Å². The standard InChI is InChI=1S/C23H18N4O3S2/c28-22(26-23-25-20(15-31-23)18-7-4-11-24-14-18)17-6-3-8-19(13-17)32(29,30)27-12-10-16-5-1-2-9-21(16)27/h1-9,11,13-15H,10,12H2,(H,25,26,28). The molecule has 1 N–H and O–H groups in total. The lowest BCUT2D eigenvalue weighted by atomic mass is 10.2. The Hall–Kier alpha value is -3.56. The summed E-state index contributed by atoms with van der Waals surface area (Å²) in [6.45, 7) is 0.383. The summed E-state index contributed by atoms with van der Waals surface area (Å²) in [5.74, 6) is -0.420. The third kappa shape index (κ3) is 3.76. The van der Waals surface area contributed by atoms with Gasteiger partial charge in [-0.2, -0.15) is 0 Å². The molecule has 2 aromatic carbocycles. The molecule has 9 heteroatoms. The number of nitrogens with one attached hydrogen (secondary N) is 1. The second kappa shape index (κ2) is 8.18. The minimum Gasteiger partial charge on any atom is -0.298 e. The highest BCUT2D eigenvalue weighted by Crippen LogP contribution is 2.33. The Morgan fingerprint density at radius 1 is 1.06 bits per heavy atom. The Balaban J connectivity index is 1.37. The number of pyridine rings is 1. The summed E-state index contributed by atoms with van der Waals surface area (Å²) in [7, 11) is -3.78. The molecule has 3 heterocycles. The largest absolute Gasteiger partial charge is 0.298 e. The van der Waals surface area contributed by atoms with Gasteiger partial charge < -0.3 is 0 Å². The minimum atomic E-state index is -3.78. The maximum Gasteiger partial charge on any atom is 0.264 e. The van der Waals surface area contributed by atoms with Gasteiger partial charge in [0.25, 0.3) is 15.9 Å². The summed E-state index contributed by atoms with van der Waals surface area (Å²) in [5.41, 5.74) is 3.49. The van der Waals surface area contributed by atoms with Crippen molar-refractivity contribution in [2.45, 2.75) is 11.3 Å². The molecule has 1 aliphatic heterocycles. The van der Waals surface area contributed by atoms with Gasteiger partial charge >= 0.3 is 0 Å². The lowest BCUT2D eigenvalue weighted by Crippen LogP contribution is -2.29. The van der Waals surface area contributed by atoms with Crippen LogP contribution in [0.2, 0.25) is 0 Å². The van der Waals surface area contributed by atoms with Crippen molar-refractivity contribution in [2.24, 2.45) is 0 Å². The van der Waals surface area contributed by atoms with Crippen LogP contribution in [0.5, 0.6) is 0 Å². The van der Waals surface area contributed by atoms with E-state index in [9.17, 15) is 13.2 Å². The van der Waals surface area contributed by atoms with Crippen molar-refractivity contribution < 1.29 is 13.2 Å². The molecule has 0 saturated heterocycles. The van der Waals surface area contributed by atoms with Gasteiger partial charge in [0, 0.05) is 35.4 Å². The normalized spacial score (nSPS) is 13.1. The number of benzene rings is 2. The lowest BCUT2D eigenvalue weighted by molar-refractivity contribution is 0.102. The molecular formula is C23H18N4O3S2. The number of sulfonamides is 1. The molecule has 0 bridgehead atoms. The maximum absolute atomic E-state index is 13.3. The number of rotatable bonds is 5. The summed E-state index contributed by atoms with van der Waals surface area (Å²) in [4.78, 5) is 21.4. The fraction of sp³-hybridized carbons (Fsp3) is 0.0870. The molecule has 0 unspecified atom stereocenters. The highest BCUT2D eigenvalue weighted by Gasteiger charge is 2.31. The smallest absolute Gasteiger partial charge is 0.264 e. The second-order valence-electron chi connectivity index (χ2n) is 7.22. The first-order valence-electron chi connectivity index (χ1n) is 9.90. The molecule has 1 amide bonds. The molecular weight excluding hydrogens is 444 g/mol. The topological polar surface area (TPSA) is 92.3 Å². The highest BCUT2D eigenvalue weighted by atomic mass is 32.2. The predicted octanol–water partition coefficient (Wildman–Crippen LogP) is 4.21. The summed E-state index contributed by atoms with van der Waals surface area (Å²) in [5, 5.41) is 5.01. The van der Waals surface area contributed by atoms with Crippen LogP contribution in [0.1, 0.15) is 15.9 Å². The van der Waals surface area contributed by atoms with Crippen LogP contribution >= 0.6 is 11.3 Å². The number of aromatic nitrogens is 2. The Morgan fingerprint density at radius 2 is 1.94 bits per heavy atom. The molecule has 2 aromatic heterocycles. The third-order valence-electron chi connectivity index (χ3n) is 5.21. The molecule has 32 heavy (non-hydrogen) atoms. The Morgan fingerprint density at radius 3 is 2.78 bits per heavy atom. The quantitative estimate of drug-likeness (QED) is 0.480. The van der Waals surface area contributed by atoms with E-state index >= 15 is 0 Å². The Kier molecular flexibility index (Phi) is 5.20. The van der Waals surface area contributed by atoms with Crippen molar-refractivity contribution in [1.82, 2.24) is 9.97 Å². The first kappa shape index (κ1) is 20.3. The molecule has 5 rings (SSSR count). The second-order valence-corrected chi connectivity index (χ2v) is 9.94. The van der Waals surface area contributed by atoms with Crippen LogP contribution in [0.15, 0.2) is 83.3 Å². The number of hydrogen-bond donors (Lipinski definition) is 1. The zero-order chi connectivity index (χ0) is 22.1. The zero-order valence-electron chi connectivity index (χ0n) is 16.8. The number of amides is 1. The average Bonchev–Trinajstić information content (AvgIpc) is 3.47. The predicted molar refractivity (Wildman–Crippen MR) is 124 cm³/mol. The number of anilines is 2. The van der Waals surface area contributed by atoms with Crippen molar-refractivity contribution in [3.05, 3.63) is 89.6 Å². The van der Waals surface area contributed by atoms with E-state index in [-0.39, 0.29) is 10.5 Å². The van der Waals surface area contributed by atoms with Gasteiger partial charge in [0.05, 0.1) is 16.3 Å². The maximum atomic E-state index is 13.3. The summed E-state index contributed by atoms with van der Waals surface area (Å²) < 4.78 is 27.9. The van der Waals surface area contributed by atoms with Crippen molar-refractivity contribution in [3.63, 3.8) is 0 Å². The van der Waals surface area contributed by atoms with Gasteiger partial charge in [0.15, 0.2) is 5.13 Å². The van der Waals surface area contributed by atoms with E-state index in [2.05, 4.69) is 15.3 Å². The highest BCUT2D eigenvalue weighted by molar-refractivity contribution is 7.92. The van der Waals surface area contributed by atoms with Crippen LogP contribution < -0.4 is 9.62 Å². The third-order valence-corrected chi connectivity index (χ3v) is 7.78. The van der Waals surface area contributed by atoms with Gasteiger partial charge in [-0.1, -0.05) is 24.3 Å². The first-order chi connectivity index (χ1) is 15.5. The van der Waals surface area contributed by atoms with Gasteiger partial charge in [0.1, 0.15) is 0 Å². The minimum absolute atomic E-state index is 0.0806. The number of carbonyl (C=O) groups excluding carboxylic acids is 1. The monoisotopic (exact) mass is 462 g/mol. The summed E-state index contributed by atoms with van der Waals surface area (Å²) in [6.07, 6.45) is 4.05. The van der Waals surface area contributed by atoms with Crippen molar-refractivity contribution in [3.8, 4) is 11.3 Å². The fourth-order valence-corrected chi connectivity index (χ4v) is 5.89. The lowest BCUT2D eigenvalue weighted by Gasteiger charge is -2.19. The van der Waals surface area contributed by atoms with Crippen LogP contribution in [-0.2, 0) is 16.4 Å². The van der Waals surface area contributed by atoms with Crippen molar-refractivity contribution in [1.29, 1.82) is 0 Å². The SMILES string of the molecule is O=C(Nc1nc(-c2cccnc2)cs1)c1cccc(S(=O)(=O)N2CCc3ccccc32)c1. The number of hydrogen-bond acceptors (Lipinski definition) is 6. The molecule has 0 radical (unpaired) electrons. The van der Waals surface area contributed by atoms with Crippen LogP contribution in [0, 0.1) is 0 Å². The summed E-state index contributed by atoms with van der Waals surface area (Å²) in [6, 6.07) is 17.2. The van der Waals surface area contributed by atoms with Crippen molar-refractivity contribution in [2.75, 3.05) is 16.2 Å². The van der Waals surface area contributed by atoms with Gasteiger partial charge in [-0.05, 0) is 48.4 Å². The molecule has 0 atom stereocenters. The molecule has 0 aliphatic carbocycles. The number of fused-ring (bicyclic) bond motifs is 1. The van der Waals surface area contributed by atoms with Crippen LogP contribution in [0.3, 0.4) is 0 Å². The van der Waals surface area contributed by atoms with E-state index in [4.69, 9.17) is 0 Å². The number of thiazole rings is 1. The van der Waals surface area contributed by atoms with Crippen LogP contribution in [0.4, 0.5) is 10.8 Å². The van der Waals surface area contributed by atoms with E-state index in [1.807, 2.05) is 35.7 Å². The number of para-hydroxylation sites is 1. The van der Waals surface area contributed by atoms with Gasteiger partial charge in [0.2, 0.25) is 0 Å². The molecule has 160 valence electrons. The van der Waals surface area contributed by atoms with Crippen molar-refractivity contribution >= 4 is 38.1 Å². The molecule has 1 aliphatic rings. The van der Waals surface area contributed by atoms with Crippen LogP contribution in [0.25, 0.3) is 11.3 Å². The average molecular weight is 463 g/mol. The fourth-order valence-electron chi connectivity index (χ4n) is 3.63.